The number of halogens is 1. The van der Waals surface area contributed by atoms with Gasteiger partial charge in [-0.2, -0.15) is 0 Å². The third-order valence-electron chi connectivity index (χ3n) is 4.12. The van der Waals surface area contributed by atoms with Gasteiger partial charge in [0.25, 0.3) is 5.91 Å². The Balaban J connectivity index is 2.25. The third-order valence-corrected chi connectivity index (χ3v) is 4.12. The van der Waals surface area contributed by atoms with E-state index in [1.54, 1.807) is 6.92 Å². The lowest BCUT2D eigenvalue weighted by atomic mass is 10.1. The third kappa shape index (κ3) is 7.66. The van der Waals surface area contributed by atoms with E-state index in [-0.39, 0.29) is 35.6 Å². The molecule has 8 heteroatoms. The Labute approximate surface area is 181 Å². The maximum atomic E-state index is 13.1. The van der Waals surface area contributed by atoms with Gasteiger partial charge in [-0.3, -0.25) is 4.79 Å². The monoisotopic (exact) mass is 432 g/mol. The number of nitrogens with one attached hydrogen (secondary N) is 2. The lowest BCUT2D eigenvalue weighted by Crippen LogP contribution is -2.49. The number of carbonyl (C=O) groups is 2. The molecule has 0 heterocycles. The van der Waals surface area contributed by atoms with Crippen LogP contribution in [0.15, 0.2) is 42.5 Å². The van der Waals surface area contributed by atoms with Crippen molar-refractivity contribution < 1.29 is 28.6 Å². The summed E-state index contributed by atoms with van der Waals surface area (Å²) < 4.78 is 23.8. The molecule has 0 aliphatic carbocycles. The normalized spacial score (nSPS) is 13.3. The Hall–Kier alpha value is -2.97. The second-order valence-corrected chi connectivity index (χ2v) is 8.27. The van der Waals surface area contributed by atoms with Crippen molar-refractivity contribution in [3.63, 3.8) is 0 Å². The molecule has 0 saturated heterocycles. The molecule has 31 heavy (non-hydrogen) atoms. The average Bonchev–Trinajstić information content (AvgIpc) is 2.67. The first kappa shape index (κ1) is 24.3. The van der Waals surface area contributed by atoms with Crippen molar-refractivity contribution in [3.8, 4) is 5.75 Å². The minimum Gasteiger partial charge on any atom is -0.462 e. The molecule has 1 atom stereocenters. The molecule has 0 aliphatic heterocycles. The van der Waals surface area contributed by atoms with Crippen LogP contribution in [0.2, 0.25) is 0 Å². The fourth-order valence-corrected chi connectivity index (χ4v) is 2.57. The highest BCUT2D eigenvalue weighted by atomic mass is 19.1. The Morgan fingerprint density at radius 3 is 2.29 bits per heavy atom. The molecule has 2 aromatic rings. The lowest BCUT2D eigenvalue weighted by Gasteiger charge is -2.30. The summed E-state index contributed by atoms with van der Waals surface area (Å²) in [5, 5.41) is 16.4. The molecule has 168 valence electrons. The van der Waals surface area contributed by atoms with Crippen LogP contribution in [-0.2, 0) is 4.74 Å². The van der Waals surface area contributed by atoms with Crippen molar-refractivity contribution in [2.75, 3.05) is 18.5 Å². The standard InChI is InChI=1S/C23H29FN2O5/c1-6-30-21(28)18-13-17(26-20(27)15-7-9-16(24)10-8-15)11-12-19(18)31-23(5,29)14-25-22(2,3)4/h7-13,25,29H,6,14H2,1-5H3,(H,26,27). The largest absolute Gasteiger partial charge is 0.462 e. The Bertz CT molecular complexity index is 921. The van der Waals surface area contributed by atoms with E-state index in [0.29, 0.717) is 5.69 Å². The Kier molecular flexibility index (Phi) is 7.75. The van der Waals surface area contributed by atoms with Crippen molar-refractivity contribution >= 4 is 17.6 Å². The van der Waals surface area contributed by atoms with Crippen LogP contribution < -0.4 is 15.4 Å². The topological polar surface area (TPSA) is 96.9 Å². The van der Waals surface area contributed by atoms with Crippen LogP contribution in [-0.4, -0.2) is 41.5 Å². The van der Waals surface area contributed by atoms with Gasteiger partial charge < -0.3 is 25.2 Å². The van der Waals surface area contributed by atoms with Crippen LogP contribution >= 0.6 is 0 Å². The second-order valence-electron chi connectivity index (χ2n) is 8.27. The molecule has 1 amide bonds. The van der Waals surface area contributed by atoms with E-state index in [2.05, 4.69) is 10.6 Å². The van der Waals surface area contributed by atoms with Gasteiger partial charge in [0.1, 0.15) is 17.1 Å². The highest BCUT2D eigenvalue weighted by Crippen LogP contribution is 2.27. The summed E-state index contributed by atoms with van der Waals surface area (Å²) >= 11 is 0. The number of β-amino-alcohol motifs (C(OH)–C–C–N with tert-alkyl or cyclic N) is 1. The van der Waals surface area contributed by atoms with Gasteiger partial charge in [0.15, 0.2) is 0 Å². The first-order valence-electron chi connectivity index (χ1n) is 9.95. The molecule has 0 radical (unpaired) electrons. The predicted octanol–water partition coefficient (Wildman–Crippen LogP) is 3.73. The fourth-order valence-electron chi connectivity index (χ4n) is 2.57. The molecule has 1 unspecified atom stereocenters. The minimum absolute atomic E-state index is 0.0507. The van der Waals surface area contributed by atoms with Gasteiger partial charge in [-0.25, -0.2) is 9.18 Å². The number of amides is 1. The van der Waals surface area contributed by atoms with Crippen LogP contribution in [0.5, 0.6) is 5.75 Å². The molecular weight excluding hydrogens is 403 g/mol. The summed E-state index contributed by atoms with van der Waals surface area (Å²) in [6.07, 6.45) is 0. The summed E-state index contributed by atoms with van der Waals surface area (Å²) in [4.78, 5) is 24.9. The molecule has 2 rings (SSSR count). The molecule has 0 bridgehead atoms. The molecule has 3 N–H and O–H groups in total. The number of hydrogen-bond acceptors (Lipinski definition) is 6. The number of esters is 1. The molecule has 0 fully saturated rings. The van der Waals surface area contributed by atoms with Gasteiger partial charge in [0, 0.05) is 23.7 Å². The first-order chi connectivity index (χ1) is 14.4. The number of aliphatic hydroxyl groups is 1. The van der Waals surface area contributed by atoms with Gasteiger partial charge in [-0.05, 0) is 70.2 Å². The fraction of sp³-hybridized carbons (Fsp3) is 0.391. The van der Waals surface area contributed by atoms with E-state index in [9.17, 15) is 19.1 Å². The Morgan fingerprint density at radius 2 is 1.71 bits per heavy atom. The number of benzene rings is 2. The summed E-state index contributed by atoms with van der Waals surface area (Å²) in [6, 6.07) is 9.49. The van der Waals surface area contributed by atoms with Crippen molar-refractivity contribution in [1.29, 1.82) is 0 Å². The van der Waals surface area contributed by atoms with Crippen LogP contribution in [0.1, 0.15) is 55.3 Å². The molecular formula is C23H29FN2O5. The van der Waals surface area contributed by atoms with Crippen molar-refractivity contribution in [2.45, 2.75) is 45.9 Å². The highest BCUT2D eigenvalue weighted by Gasteiger charge is 2.27. The number of anilines is 1. The maximum Gasteiger partial charge on any atom is 0.341 e. The van der Waals surface area contributed by atoms with Crippen LogP contribution in [0.4, 0.5) is 10.1 Å². The summed E-state index contributed by atoms with van der Waals surface area (Å²) in [7, 11) is 0. The van der Waals surface area contributed by atoms with Crippen LogP contribution in [0, 0.1) is 5.82 Å². The van der Waals surface area contributed by atoms with Crippen molar-refractivity contribution in [3.05, 3.63) is 59.4 Å². The highest BCUT2D eigenvalue weighted by molar-refractivity contribution is 6.05. The van der Waals surface area contributed by atoms with E-state index in [1.165, 1.54) is 49.4 Å². The quantitative estimate of drug-likeness (QED) is 0.434. The van der Waals surface area contributed by atoms with Crippen LogP contribution in [0.3, 0.4) is 0 Å². The smallest absolute Gasteiger partial charge is 0.341 e. The zero-order valence-corrected chi connectivity index (χ0v) is 18.4. The van der Waals surface area contributed by atoms with Gasteiger partial charge in [-0.1, -0.05) is 0 Å². The van der Waals surface area contributed by atoms with E-state index in [4.69, 9.17) is 9.47 Å². The van der Waals surface area contributed by atoms with E-state index in [1.807, 2.05) is 20.8 Å². The summed E-state index contributed by atoms with van der Waals surface area (Å²) in [5.74, 6) is -3.07. The number of hydrogen-bond donors (Lipinski definition) is 3. The maximum absolute atomic E-state index is 13.1. The van der Waals surface area contributed by atoms with Gasteiger partial charge in [0.05, 0.1) is 13.2 Å². The zero-order valence-electron chi connectivity index (χ0n) is 18.4. The van der Waals surface area contributed by atoms with Crippen LogP contribution in [0.25, 0.3) is 0 Å². The van der Waals surface area contributed by atoms with Gasteiger partial charge in [-0.15, -0.1) is 0 Å². The second kappa shape index (κ2) is 9.89. The Morgan fingerprint density at radius 1 is 1.06 bits per heavy atom. The molecule has 2 aromatic carbocycles. The van der Waals surface area contributed by atoms with E-state index in [0.717, 1.165) is 0 Å². The average molecular weight is 432 g/mol. The molecule has 0 aromatic heterocycles. The molecule has 7 nitrogen and oxygen atoms in total. The minimum atomic E-state index is -1.60. The first-order valence-corrected chi connectivity index (χ1v) is 9.95. The summed E-state index contributed by atoms with van der Waals surface area (Å²) in [5.41, 5.74) is 0.383. The number of carbonyl (C=O) groups excluding carboxylic acids is 2. The molecule has 0 spiro atoms. The molecule has 0 aliphatic rings. The number of rotatable bonds is 8. The van der Waals surface area contributed by atoms with E-state index < -0.39 is 23.5 Å². The predicted molar refractivity (Wildman–Crippen MR) is 116 cm³/mol. The zero-order chi connectivity index (χ0) is 23.2. The van der Waals surface area contributed by atoms with Crippen molar-refractivity contribution in [1.82, 2.24) is 5.32 Å². The SMILES string of the molecule is CCOC(=O)c1cc(NC(=O)c2ccc(F)cc2)ccc1OC(C)(O)CNC(C)(C)C. The summed E-state index contributed by atoms with van der Waals surface area (Å²) in [6.45, 7) is 9.25. The number of ether oxygens (including phenoxy) is 2. The lowest BCUT2D eigenvalue weighted by molar-refractivity contribution is -0.121. The van der Waals surface area contributed by atoms with E-state index >= 15 is 0 Å². The molecule has 0 saturated carbocycles. The van der Waals surface area contributed by atoms with Gasteiger partial charge >= 0.3 is 5.97 Å². The van der Waals surface area contributed by atoms with Crippen molar-refractivity contribution in [2.24, 2.45) is 0 Å². The van der Waals surface area contributed by atoms with Gasteiger partial charge in [0.2, 0.25) is 5.79 Å².